The van der Waals surface area contributed by atoms with Crippen molar-refractivity contribution in [1.29, 1.82) is 0 Å². The molecule has 0 aliphatic heterocycles. The fourth-order valence-corrected chi connectivity index (χ4v) is 1.73. The van der Waals surface area contributed by atoms with Crippen LogP contribution in [-0.2, 0) is 9.47 Å². The summed E-state index contributed by atoms with van der Waals surface area (Å²) < 4.78 is 9.99. The summed E-state index contributed by atoms with van der Waals surface area (Å²) in [4.78, 5) is 11.9. The van der Waals surface area contributed by atoms with Gasteiger partial charge in [0.05, 0.1) is 12.2 Å². The quantitative estimate of drug-likeness (QED) is 0.782. The summed E-state index contributed by atoms with van der Waals surface area (Å²) in [5.41, 5.74) is 2.08. The van der Waals surface area contributed by atoms with E-state index in [1.807, 2.05) is 30.3 Å². The minimum Gasteiger partial charge on any atom is -0.354 e. The number of carbonyl (C=O) groups excluding carboxylic acids is 1. The number of aromatic nitrogens is 2. The summed E-state index contributed by atoms with van der Waals surface area (Å²) in [6, 6.07) is 11.4. The van der Waals surface area contributed by atoms with Gasteiger partial charge in [-0.15, -0.1) is 0 Å². The zero-order valence-corrected chi connectivity index (χ0v) is 11.4. The molecule has 1 aromatic heterocycles. The van der Waals surface area contributed by atoms with Crippen molar-refractivity contribution in [2.75, 3.05) is 20.8 Å². The SMILES string of the molecule is COC(CNC(=O)c1cc(-c2ccccc2)n[nH]1)OC. The number of hydrogen-bond donors (Lipinski definition) is 2. The molecule has 0 aliphatic rings. The Labute approximate surface area is 117 Å². The second-order valence-electron chi connectivity index (χ2n) is 4.14. The number of nitrogens with one attached hydrogen (secondary N) is 2. The molecule has 0 radical (unpaired) electrons. The Morgan fingerprint density at radius 2 is 2.00 bits per heavy atom. The standard InChI is InChI=1S/C14H17N3O3/c1-19-13(20-2)9-15-14(18)12-8-11(16-17-12)10-6-4-3-5-7-10/h3-8,13H,9H2,1-2H3,(H,15,18)(H,16,17). The number of ether oxygens (including phenoxy) is 2. The van der Waals surface area contributed by atoms with Crippen LogP contribution in [0.1, 0.15) is 10.5 Å². The zero-order chi connectivity index (χ0) is 14.4. The van der Waals surface area contributed by atoms with E-state index in [0.29, 0.717) is 5.69 Å². The van der Waals surface area contributed by atoms with Crippen molar-refractivity contribution < 1.29 is 14.3 Å². The predicted molar refractivity (Wildman–Crippen MR) is 74.2 cm³/mol. The Morgan fingerprint density at radius 3 is 2.65 bits per heavy atom. The fourth-order valence-electron chi connectivity index (χ4n) is 1.73. The Morgan fingerprint density at radius 1 is 1.30 bits per heavy atom. The zero-order valence-electron chi connectivity index (χ0n) is 11.4. The molecule has 6 heteroatoms. The maximum atomic E-state index is 11.9. The number of amides is 1. The molecule has 0 atom stereocenters. The van der Waals surface area contributed by atoms with Crippen LogP contribution in [0.5, 0.6) is 0 Å². The Kier molecular flexibility index (Phi) is 4.86. The largest absolute Gasteiger partial charge is 0.354 e. The molecule has 0 aliphatic carbocycles. The van der Waals surface area contributed by atoms with Gasteiger partial charge in [-0.25, -0.2) is 0 Å². The van der Waals surface area contributed by atoms with E-state index >= 15 is 0 Å². The smallest absolute Gasteiger partial charge is 0.269 e. The van der Waals surface area contributed by atoms with Gasteiger partial charge in [0.1, 0.15) is 5.69 Å². The molecule has 0 unspecified atom stereocenters. The van der Waals surface area contributed by atoms with Gasteiger partial charge >= 0.3 is 0 Å². The van der Waals surface area contributed by atoms with E-state index in [0.717, 1.165) is 11.3 Å². The van der Waals surface area contributed by atoms with Gasteiger partial charge in [-0.2, -0.15) is 5.10 Å². The van der Waals surface area contributed by atoms with Crippen LogP contribution in [0.15, 0.2) is 36.4 Å². The average Bonchev–Trinajstić information content (AvgIpc) is 2.99. The molecule has 2 rings (SSSR count). The fraction of sp³-hybridized carbons (Fsp3) is 0.286. The summed E-state index contributed by atoms with van der Waals surface area (Å²) in [7, 11) is 3.04. The Hall–Kier alpha value is -2.18. The normalized spacial score (nSPS) is 10.8. The lowest BCUT2D eigenvalue weighted by atomic mass is 10.1. The van der Waals surface area contributed by atoms with E-state index in [1.54, 1.807) is 6.07 Å². The third kappa shape index (κ3) is 3.43. The molecule has 0 bridgehead atoms. The monoisotopic (exact) mass is 275 g/mol. The number of carbonyl (C=O) groups is 1. The number of benzene rings is 1. The molecule has 2 N–H and O–H groups in total. The lowest BCUT2D eigenvalue weighted by Crippen LogP contribution is -2.34. The van der Waals surface area contributed by atoms with Crippen molar-refractivity contribution in [3.8, 4) is 11.3 Å². The molecule has 2 aromatic rings. The highest BCUT2D eigenvalue weighted by Crippen LogP contribution is 2.16. The van der Waals surface area contributed by atoms with Gasteiger partial charge in [0.25, 0.3) is 5.91 Å². The third-order valence-electron chi connectivity index (χ3n) is 2.85. The van der Waals surface area contributed by atoms with Crippen molar-refractivity contribution in [2.45, 2.75) is 6.29 Å². The molecule has 0 fully saturated rings. The second-order valence-corrected chi connectivity index (χ2v) is 4.14. The number of methoxy groups -OCH3 is 2. The van der Waals surface area contributed by atoms with Crippen molar-refractivity contribution in [1.82, 2.24) is 15.5 Å². The summed E-state index contributed by atoms with van der Waals surface area (Å²) >= 11 is 0. The van der Waals surface area contributed by atoms with Crippen LogP contribution in [0.3, 0.4) is 0 Å². The predicted octanol–water partition coefficient (Wildman–Crippen LogP) is 1.43. The van der Waals surface area contributed by atoms with Gasteiger partial charge in [0.15, 0.2) is 6.29 Å². The van der Waals surface area contributed by atoms with Crippen LogP contribution >= 0.6 is 0 Å². The molecule has 20 heavy (non-hydrogen) atoms. The van der Waals surface area contributed by atoms with Crippen LogP contribution in [0.2, 0.25) is 0 Å². The molecule has 0 spiro atoms. The highest BCUT2D eigenvalue weighted by Gasteiger charge is 2.13. The third-order valence-corrected chi connectivity index (χ3v) is 2.85. The molecule has 1 heterocycles. The van der Waals surface area contributed by atoms with E-state index in [9.17, 15) is 4.79 Å². The molecule has 106 valence electrons. The Balaban J connectivity index is 2.00. The van der Waals surface area contributed by atoms with E-state index in [1.165, 1.54) is 14.2 Å². The molecule has 1 aromatic carbocycles. The van der Waals surface area contributed by atoms with Gasteiger partial charge < -0.3 is 14.8 Å². The highest BCUT2D eigenvalue weighted by molar-refractivity contribution is 5.93. The van der Waals surface area contributed by atoms with Crippen LogP contribution in [0.25, 0.3) is 11.3 Å². The van der Waals surface area contributed by atoms with E-state index in [4.69, 9.17) is 9.47 Å². The number of hydrogen-bond acceptors (Lipinski definition) is 4. The first-order valence-corrected chi connectivity index (χ1v) is 6.19. The minimum absolute atomic E-state index is 0.251. The lowest BCUT2D eigenvalue weighted by Gasteiger charge is -2.13. The van der Waals surface area contributed by atoms with Crippen molar-refractivity contribution in [3.05, 3.63) is 42.1 Å². The molecule has 1 amide bonds. The van der Waals surface area contributed by atoms with Gasteiger partial charge in [-0.3, -0.25) is 9.89 Å². The maximum Gasteiger partial charge on any atom is 0.269 e. The number of rotatable bonds is 6. The average molecular weight is 275 g/mol. The van der Waals surface area contributed by atoms with E-state index in [2.05, 4.69) is 15.5 Å². The van der Waals surface area contributed by atoms with E-state index in [-0.39, 0.29) is 12.5 Å². The summed E-state index contributed by atoms with van der Waals surface area (Å²) in [5, 5.41) is 9.55. The van der Waals surface area contributed by atoms with Crippen molar-refractivity contribution >= 4 is 5.91 Å². The van der Waals surface area contributed by atoms with Crippen LogP contribution in [0, 0.1) is 0 Å². The van der Waals surface area contributed by atoms with Gasteiger partial charge in [0, 0.05) is 19.8 Å². The summed E-state index contributed by atoms with van der Waals surface area (Å²) in [6.45, 7) is 0.269. The molecule has 0 saturated carbocycles. The van der Waals surface area contributed by atoms with Crippen LogP contribution < -0.4 is 5.32 Å². The summed E-state index contributed by atoms with van der Waals surface area (Å²) in [5.74, 6) is -0.251. The molecular formula is C14H17N3O3. The van der Waals surface area contributed by atoms with E-state index < -0.39 is 6.29 Å². The lowest BCUT2D eigenvalue weighted by molar-refractivity contribution is -0.0974. The number of H-pyrrole nitrogens is 1. The Bertz CT molecular complexity index is 550. The van der Waals surface area contributed by atoms with Gasteiger partial charge in [-0.1, -0.05) is 30.3 Å². The van der Waals surface area contributed by atoms with Gasteiger partial charge in [-0.05, 0) is 6.07 Å². The maximum absolute atomic E-state index is 11.9. The topological polar surface area (TPSA) is 76.2 Å². The molecule has 0 saturated heterocycles. The van der Waals surface area contributed by atoms with Crippen LogP contribution in [0.4, 0.5) is 0 Å². The first-order chi connectivity index (χ1) is 9.74. The number of nitrogens with zero attached hydrogens (tertiary/aromatic N) is 1. The highest BCUT2D eigenvalue weighted by atomic mass is 16.7. The molecular weight excluding hydrogens is 258 g/mol. The first kappa shape index (κ1) is 14.2. The summed E-state index contributed by atoms with van der Waals surface area (Å²) in [6.07, 6.45) is -0.463. The second kappa shape index (κ2) is 6.83. The number of aromatic amines is 1. The molecule has 6 nitrogen and oxygen atoms in total. The minimum atomic E-state index is -0.463. The van der Waals surface area contributed by atoms with Crippen molar-refractivity contribution in [2.24, 2.45) is 0 Å². The first-order valence-electron chi connectivity index (χ1n) is 6.19. The van der Waals surface area contributed by atoms with Crippen molar-refractivity contribution in [3.63, 3.8) is 0 Å². The van der Waals surface area contributed by atoms with Crippen LogP contribution in [-0.4, -0.2) is 43.2 Å². The van der Waals surface area contributed by atoms with Gasteiger partial charge in [0.2, 0.25) is 0 Å².